The van der Waals surface area contributed by atoms with Crippen molar-refractivity contribution in [2.24, 2.45) is 11.5 Å². The molecule has 1 aromatic carbocycles. The predicted octanol–water partition coefficient (Wildman–Crippen LogP) is -1.86. The minimum absolute atomic E-state index is 0.0651. The number of nitrogens with two attached hydrogens (primary N) is 2. The van der Waals surface area contributed by atoms with Gasteiger partial charge in [0.2, 0.25) is 29.5 Å². The molecule has 10 N–H and O–H groups in total. The second kappa shape index (κ2) is 13.4. The molecule has 1 fully saturated rings. The molecule has 1 aliphatic rings. The number of nitrogens with one attached hydrogen (secondary N) is 5. The van der Waals surface area contributed by atoms with Crippen LogP contribution in [0.4, 0.5) is 0 Å². The lowest BCUT2D eigenvalue weighted by Gasteiger charge is -2.24. The van der Waals surface area contributed by atoms with Crippen LogP contribution in [0, 0.1) is 0 Å². The van der Waals surface area contributed by atoms with Crippen molar-refractivity contribution in [2.75, 3.05) is 6.54 Å². The van der Waals surface area contributed by atoms with Gasteiger partial charge in [-0.2, -0.15) is 0 Å². The number of carboxylic acids is 1. The quantitative estimate of drug-likeness (QED) is 0.134. The number of hydrogen-bond donors (Lipinski definition) is 8. The summed E-state index contributed by atoms with van der Waals surface area (Å²) in [6.45, 7) is 0.665. The van der Waals surface area contributed by atoms with Crippen LogP contribution in [-0.2, 0) is 35.2 Å². The number of carboxylic acid groups (broad SMARTS) is 1. The number of fused-ring (bicyclic) bond motifs is 1. The number of carbonyl (C=O) groups is 6. The van der Waals surface area contributed by atoms with Gasteiger partial charge >= 0.3 is 5.97 Å². The lowest BCUT2D eigenvalue weighted by atomic mass is 10.0. The van der Waals surface area contributed by atoms with Gasteiger partial charge in [0.1, 0.15) is 18.1 Å². The van der Waals surface area contributed by atoms with Crippen molar-refractivity contribution in [3.05, 3.63) is 36.0 Å². The van der Waals surface area contributed by atoms with Gasteiger partial charge in [0.15, 0.2) is 0 Å². The van der Waals surface area contributed by atoms with Gasteiger partial charge in [-0.15, -0.1) is 0 Å². The van der Waals surface area contributed by atoms with Crippen LogP contribution in [0.25, 0.3) is 10.9 Å². The molecular weight excluding hydrogens is 510 g/mol. The van der Waals surface area contributed by atoms with Crippen LogP contribution in [0.15, 0.2) is 30.5 Å². The standard InChI is InChI=1S/C25H33N7O7/c26-20(33)8-7-17(25(38)39)30-24(37)19(11-21(27)34)32-23(36)18(31-22(35)16-6-3-9-28-16)10-13-12-29-15-5-2-1-4-14(13)15/h1-2,4-5,12,16-19,28-29H,3,6-11H2,(H2,26,33)(H2,27,34)(H,30,37)(H,31,35)(H,32,36)(H,38,39). The van der Waals surface area contributed by atoms with Gasteiger partial charge in [-0.3, -0.25) is 24.0 Å². The molecule has 2 heterocycles. The number of aromatic amines is 1. The van der Waals surface area contributed by atoms with Crippen molar-refractivity contribution >= 4 is 46.4 Å². The normalized spacial score (nSPS) is 17.1. The van der Waals surface area contributed by atoms with Crippen molar-refractivity contribution in [1.29, 1.82) is 0 Å². The fourth-order valence-corrected chi connectivity index (χ4v) is 4.41. The van der Waals surface area contributed by atoms with E-state index < -0.39 is 60.2 Å². The molecule has 210 valence electrons. The zero-order chi connectivity index (χ0) is 28.5. The zero-order valence-electron chi connectivity index (χ0n) is 21.2. The van der Waals surface area contributed by atoms with E-state index in [2.05, 4.69) is 26.3 Å². The van der Waals surface area contributed by atoms with Crippen molar-refractivity contribution in [1.82, 2.24) is 26.3 Å². The first-order valence-electron chi connectivity index (χ1n) is 12.5. The van der Waals surface area contributed by atoms with E-state index in [1.54, 1.807) is 6.20 Å². The minimum atomic E-state index is -1.53. The van der Waals surface area contributed by atoms with Gasteiger partial charge in [-0.1, -0.05) is 18.2 Å². The monoisotopic (exact) mass is 543 g/mol. The van der Waals surface area contributed by atoms with Crippen LogP contribution >= 0.6 is 0 Å². The molecule has 0 spiro atoms. The van der Waals surface area contributed by atoms with Crippen LogP contribution in [0.5, 0.6) is 0 Å². The summed E-state index contributed by atoms with van der Waals surface area (Å²) < 4.78 is 0. The molecule has 0 radical (unpaired) electrons. The molecule has 3 rings (SSSR count). The number of aromatic nitrogens is 1. The average Bonchev–Trinajstić information content (AvgIpc) is 3.56. The van der Waals surface area contributed by atoms with Crippen molar-refractivity contribution in [3.8, 4) is 0 Å². The van der Waals surface area contributed by atoms with Crippen LogP contribution in [0.3, 0.4) is 0 Å². The number of carbonyl (C=O) groups excluding carboxylic acids is 5. The van der Waals surface area contributed by atoms with E-state index in [1.807, 2.05) is 24.3 Å². The van der Waals surface area contributed by atoms with Crippen molar-refractivity contribution < 1.29 is 33.9 Å². The van der Waals surface area contributed by atoms with Crippen LogP contribution < -0.4 is 32.7 Å². The summed E-state index contributed by atoms with van der Waals surface area (Å²) in [5.74, 6) is -5.26. The van der Waals surface area contributed by atoms with E-state index >= 15 is 0 Å². The fraction of sp³-hybridized carbons (Fsp3) is 0.440. The molecule has 1 aromatic heterocycles. The Balaban J connectivity index is 1.80. The first-order chi connectivity index (χ1) is 18.5. The molecule has 14 nitrogen and oxygen atoms in total. The van der Waals surface area contributed by atoms with Gasteiger partial charge < -0.3 is 42.8 Å². The molecule has 0 saturated carbocycles. The maximum atomic E-state index is 13.4. The second-order valence-electron chi connectivity index (χ2n) is 9.41. The summed E-state index contributed by atoms with van der Waals surface area (Å²) in [5.41, 5.74) is 11.9. The Morgan fingerprint density at radius 3 is 2.28 bits per heavy atom. The number of aliphatic carboxylic acids is 1. The first kappa shape index (κ1) is 29.1. The molecule has 1 aliphatic heterocycles. The average molecular weight is 544 g/mol. The summed E-state index contributed by atoms with van der Waals surface area (Å²) >= 11 is 0. The highest BCUT2D eigenvalue weighted by atomic mass is 16.4. The van der Waals surface area contributed by atoms with E-state index in [0.29, 0.717) is 13.0 Å². The Hall–Kier alpha value is -4.46. The first-order valence-corrected chi connectivity index (χ1v) is 12.5. The molecule has 2 aromatic rings. The molecule has 1 saturated heterocycles. The van der Waals surface area contributed by atoms with Gasteiger partial charge in [0.25, 0.3) is 0 Å². The molecule has 14 heteroatoms. The van der Waals surface area contributed by atoms with E-state index in [0.717, 1.165) is 22.9 Å². The molecule has 4 atom stereocenters. The van der Waals surface area contributed by atoms with Crippen molar-refractivity contribution in [2.45, 2.75) is 62.7 Å². The molecule has 39 heavy (non-hydrogen) atoms. The van der Waals surface area contributed by atoms with Crippen LogP contribution in [0.2, 0.25) is 0 Å². The summed E-state index contributed by atoms with van der Waals surface area (Å²) in [5, 5.41) is 20.7. The summed E-state index contributed by atoms with van der Waals surface area (Å²) in [7, 11) is 0. The third-order valence-electron chi connectivity index (χ3n) is 6.44. The van der Waals surface area contributed by atoms with E-state index in [4.69, 9.17) is 11.5 Å². The largest absolute Gasteiger partial charge is 0.480 e. The summed E-state index contributed by atoms with van der Waals surface area (Å²) in [6, 6.07) is 2.77. The zero-order valence-corrected chi connectivity index (χ0v) is 21.2. The number of amides is 5. The highest BCUT2D eigenvalue weighted by molar-refractivity contribution is 5.96. The molecule has 0 aliphatic carbocycles. The number of benzene rings is 1. The van der Waals surface area contributed by atoms with Crippen LogP contribution in [-0.4, -0.2) is 76.3 Å². The Morgan fingerprint density at radius 1 is 0.949 bits per heavy atom. The third kappa shape index (κ3) is 8.26. The maximum absolute atomic E-state index is 13.4. The topological polar surface area (TPSA) is 239 Å². The summed E-state index contributed by atoms with van der Waals surface area (Å²) in [6.07, 6.45) is 1.96. The lowest BCUT2D eigenvalue weighted by Crippen LogP contribution is -2.58. The Kier molecular flexibility index (Phi) is 9.98. The highest BCUT2D eigenvalue weighted by Crippen LogP contribution is 2.19. The number of H-pyrrole nitrogens is 1. The lowest BCUT2D eigenvalue weighted by molar-refractivity contribution is -0.142. The third-order valence-corrected chi connectivity index (χ3v) is 6.44. The molecule has 5 amide bonds. The number of para-hydroxylation sites is 1. The molecular formula is C25H33N7O7. The van der Waals surface area contributed by atoms with Gasteiger partial charge in [-0.05, 0) is 37.4 Å². The fourth-order valence-electron chi connectivity index (χ4n) is 4.41. The molecule has 4 unspecified atom stereocenters. The Morgan fingerprint density at radius 2 is 1.64 bits per heavy atom. The predicted molar refractivity (Wildman–Crippen MR) is 139 cm³/mol. The molecule has 0 bridgehead atoms. The number of hydrogen-bond acceptors (Lipinski definition) is 7. The minimum Gasteiger partial charge on any atom is -0.480 e. The van der Waals surface area contributed by atoms with Gasteiger partial charge in [0.05, 0.1) is 12.5 Å². The van der Waals surface area contributed by atoms with E-state index in [1.165, 1.54) is 0 Å². The van der Waals surface area contributed by atoms with Crippen LogP contribution in [0.1, 0.15) is 37.7 Å². The maximum Gasteiger partial charge on any atom is 0.326 e. The highest BCUT2D eigenvalue weighted by Gasteiger charge is 2.32. The smallest absolute Gasteiger partial charge is 0.326 e. The Labute approximate surface area is 223 Å². The number of rotatable bonds is 14. The van der Waals surface area contributed by atoms with E-state index in [9.17, 15) is 33.9 Å². The second-order valence-corrected chi connectivity index (χ2v) is 9.41. The van der Waals surface area contributed by atoms with E-state index in [-0.39, 0.29) is 25.2 Å². The van der Waals surface area contributed by atoms with Crippen molar-refractivity contribution in [3.63, 3.8) is 0 Å². The van der Waals surface area contributed by atoms with Gasteiger partial charge in [0, 0.05) is 29.9 Å². The summed E-state index contributed by atoms with van der Waals surface area (Å²) in [4.78, 5) is 76.6. The number of primary amides is 2. The Bertz CT molecular complexity index is 1240. The SMILES string of the molecule is NC(=O)CCC(NC(=O)C(CC(N)=O)NC(=O)C(Cc1c[nH]c2ccccc12)NC(=O)C1CCCN1)C(=O)O. The van der Waals surface area contributed by atoms with Gasteiger partial charge in [-0.25, -0.2) is 4.79 Å².